The lowest BCUT2D eigenvalue weighted by Crippen LogP contribution is -2.58. The van der Waals surface area contributed by atoms with Gasteiger partial charge in [0.25, 0.3) is 11.2 Å². The van der Waals surface area contributed by atoms with Crippen LogP contribution in [0.25, 0.3) is 0 Å². The van der Waals surface area contributed by atoms with Crippen molar-refractivity contribution in [2.45, 2.75) is 162 Å². The number of Topliss-reactive ketones (excluding diaryl/α,β-unsaturated/α-hetero) is 1. The molecule has 8 atom stereocenters. The van der Waals surface area contributed by atoms with E-state index in [9.17, 15) is 37.1 Å². The molecule has 11 nitrogen and oxygen atoms in total. The number of benzene rings is 2. The van der Waals surface area contributed by atoms with E-state index in [4.69, 9.17) is 28.4 Å². The molecule has 2 aliphatic carbocycles. The second kappa shape index (κ2) is 22.6. The van der Waals surface area contributed by atoms with Crippen LogP contribution in [0.15, 0.2) is 95.6 Å². The Kier molecular flexibility index (Phi) is 18.6. The van der Waals surface area contributed by atoms with Crippen LogP contribution in [0.5, 0.6) is 0 Å². The van der Waals surface area contributed by atoms with Crippen LogP contribution in [-0.2, 0) is 63.6 Å². The van der Waals surface area contributed by atoms with Gasteiger partial charge < -0.3 is 28.4 Å². The molecule has 2 aromatic carbocycles. The molecular formula is C54H68F6O11. The van der Waals surface area contributed by atoms with Crippen molar-refractivity contribution in [2.24, 2.45) is 22.7 Å². The van der Waals surface area contributed by atoms with Gasteiger partial charge >= 0.3 is 36.2 Å². The summed E-state index contributed by atoms with van der Waals surface area (Å²) < 4.78 is 123. The number of methoxy groups -OCH3 is 2. The minimum atomic E-state index is -5.30. The third kappa shape index (κ3) is 12.5. The molecule has 0 radical (unpaired) electrons. The molecule has 0 bridgehead atoms. The van der Waals surface area contributed by atoms with Crippen LogP contribution in [0.1, 0.15) is 125 Å². The zero-order chi connectivity index (χ0) is 53.5. The molecule has 0 unspecified atom stereocenters. The van der Waals surface area contributed by atoms with E-state index in [-0.39, 0.29) is 56.6 Å². The molecule has 1 saturated carbocycles. The van der Waals surface area contributed by atoms with Crippen LogP contribution in [0.2, 0.25) is 0 Å². The second-order valence-corrected chi connectivity index (χ2v) is 20.1. The summed E-state index contributed by atoms with van der Waals surface area (Å²) in [5.41, 5.74) is -9.31. The van der Waals surface area contributed by atoms with Gasteiger partial charge in [0.2, 0.25) is 0 Å². The Morgan fingerprint density at radius 2 is 1.28 bits per heavy atom. The fourth-order valence-corrected chi connectivity index (χ4v) is 10.5. The van der Waals surface area contributed by atoms with Crippen LogP contribution in [0, 0.1) is 22.7 Å². The largest absolute Gasteiger partial charge is 0.459 e. The van der Waals surface area contributed by atoms with Gasteiger partial charge in [-0.05, 0) is 77.4 Å². The van der Waals surface area contributed by atoms with E-state index in [0.29, 0.717) is 11.1 Å². The van der Waals surface area contributed by atoms with Crippen LogP contribution < -0.4 is 0 Å². The van der Waals surface area contributed by atoms with Crippen molar-refractivity contribution in [1.82, 2.24) is 0 Å². The van der Waals surface area contributed by atoms with Gasteiger partial charge in [0.15, 0.2) is 0 Å². The van der Waals surface area contributed by atoms with Crippen molar-refractivity contribution >= 4 is 29.7 Å². The number of carbonyl (C=O) groups is 5. The van der Waals surface area contributed by atoms with E-state index in [1.54, 1.807) is 54.5 Å². The minimum Gasteiger partial charge on any atom is -0.459 e. The molecule has 2 aromatic rings. The van der Waals surface area contributed by atoms with Crippen molar-refractivity contribution in [3.8, 4) is 0 Å². The molecule has 4 rings (SSSR count). The van der Waals surface area contributed by atoms with Gasteiger partial charge in [-0.1, -0.05) is 112 Å². The van der Waals surface area contributed by atoms with Gasteiger partial charge in [0, 0.05) is 68.8 Å². The van der Waals surface area contributed by atoms with Crippen LogP contribution in [0.4, 0.5) is 26.3 Å². The molecular weight excluding hydrogens is 939 g/mol. The first-order chi connectivity index (χ1) is 32.8. The Hall–Kier alpha value is -5.29. The molecule has 1 fully saturated rings. The SMILES string of the molecule is CO[C@@](C(=O)O[C@H]1CC[C@](C)(OC(C)=O)[C@@H](CC/C(C)=C/C[C@H](/C=C(\C)[C@H](C[C@@H]2C(C)=CCC(=O)C2(C)C)OC(C)=O)OC(=O)[C@](OC)(c2ccccc2)C(F)(F)F)C1(C)C)(c1ccccc1)C(F)(F)F. The average Bonchev–Trinajstić information content (AvgIpc) is 3.26. The Labute approximate surface area is 412 Å². The zero-order valence-electron chi connectivity index (χ0n) is 42.6. The second-order valence-electron chi connectivity index (χ2n) is 20.1. The number of hydrogen-bond donors (Lipinski definition) is 0. The van der Waals surface area contributed by atoms with E-state index >= 15 is 13.2 Å². The Morgan fingerprint density at radius 3 is 1.76 bits per heavy atom. The Morgan fingerprint density at radius 1 is 0.761 bits per heavy atom. The van der Waals surface area contributed by atoms with E-state index in [1.165, 1.54) is 56.3 Å². The smallest absolute Gasteiger partial charge is 0.432 e. The first-order valence-electron chi connectivity index (χ1n) is 23.5. The van der Waals surface area contributed by atoms with Gasteiger partial charge in [-0.3, -0.25) is 14.4 Å². The molecule has 0 spiro atoms. The molecule has 0 aromatic heterocycles. The predicted molar refractivity (Wildman–Crippen MR) is 251 cm³/mol. The van der Waals surface area contributed by atoms with Crippen LogP contribution >= 0.6 is 0 Å². The third-order valence-corrected chi connectivity index (χ3v) is 14.6. The fraction of sp³-hybridized carbons (Fsp3) is 0.574. The summed E-state index contributed by atoms with van der Waals surface area (Å²) in [5, 5.41) is 0. The minimum absolute atomic E-state index is 0.0216. The van der Waals surface area contributed by atoms with Gasteiger partial charge in [-0.15, -0.1) is 0 Å². The maximum absolute atomic E-state index is 15.1. The van der Waals surface area contributed by atoms with E-state index < -0.39 is 99.2 Å². The van der Waals surface area contributed by atoms with Crippen molar-refractivity contribution in [2.75, 3.05) is 14.2 Å². The number of allylic oxidation sites excluding steroid dienone is 3. The number of halogens is 6. The van der Waals surface area contributed by atoms with E-state index in [1.807, 2.05) is 13.0 Å². The first-order valence-corrected chi connectivity index (χ1v) is 23.5. The highest BCUT2D eigenvalue weighted by Crippen LogP contribution is 2.53. The molecule has 0 amide bonds. The molecule has 71 heavy (non-hydrogen) atoms. The summed E-state index contributed by atoms with van der Waals surface area (Å²) in [5.74, 6) is -5.76. The van der Waals surface area contributed by atoms with E-state index in [0.717, 1.165) is 44.1 Å². The highest BCUT2D eigenvalue weighted by Gasteiger charge is 2.66. The molecule has 0 heterocycles. The number of alkyl halides is 6. The van der Waals surface area contributed by atoms with Crippen molar-refractivity contribution in [3.63, 3.8) is 0 Å². The maximum Gasteiger partial charge on any atom is 0.432 e. The summed E-state index contributed by atoms with van der Waals surface area (Å²) >= 11 is 0. The lowest BCUT2D eigenvalue weighted by Gasteiger charge is -2.53. The highest BCUT2D eigenvalue weighted by molar-refractivity contribution is 5.87. The summed E-state index contributed by atoms with van der Waals surface area (Å²) in [6.07, 6.45) is -8.45. The monoisotopic (exact) mass is 1010 g/mol. The number of rotatable bonds is 19. The molecule has 17 heteroatoms. The quantitative estimate of drug-likeness (QED) is 0.0575. The maximum atomic E-state index is 15.1. The van der Waals surface area contributed by atoms with Gasteiger partial charge in [0.05, 0.1) is 0 Å². The number of hydrogen-bond acceptors (Lipinski definition) is 11. The standard InChI is InChI=1S/C54H68F6O11/c1-33(24-27-43-49(8,9)45(29-30-50(43,10)71-37(5)62)70-47(65)52(67-12,54(58,59)60)39-21-17-14-18-22-39)23-26-40(69-46(64)51(66-11,53(55,56)57)38-19-15-13-16-20-38)31-35(3)42(68-36(4)61)32-41-34(2)25-28-44(63)48(41,6)7/h13-23,25,31,40-43,45H,24,26-30,32H2,1-12H3/b33-23+,35-31+/t40-,41-,42+,43+,45+,50+,51-,52-/m1/s1. The van der Waals surface area contributed by atoms with Gasteiger partial charge in [-0.2, -0.15) is 26.3 Å². The summed E-state index contributed by atoms with van der Waals surface area (Å²) in [7, 11) is 1.52. The molecule has 0 aliphatic heterocycles. The van der Waals surface area contributed by atoms with E-state index in [2.05, 4.69) is 0 Å². The number of esters is 4. The van der Waals surface area contributed by atoms with Crippen molar-refractivity contribution in [1.29, 1.82) is 0 Å². The summed E-state index contributed by atoms with van der Waals surface area (Å²) in [4.78, 5) is 66.1. The van der Waals surface area contributed by atoms with Gasteiger partial charge in [0.1, 0.15) is 29.7 Å². The lowest BCUT2D eigenvalue weighted by molar-refractivity contribution is -0.283. The van der Waals surface area contributed by atoms with Crippen molar-refractivity contribution < 1.29 is 78.7 Å². The topological polar surface area (TPSA) is 141 Å². The zero-order valence-corrected chi connectivity index (χ0v) is 42.6. The molecule has 392 valence electrons. The lowest BCUT2D eigenvalue weighted by atomic mass is 9.58. The first kappa shape index (κ1) is 58.3. The highest BCUT2D eigenvalue weighted by atomic mass is 19.4. The number of carbonyl (C=O) groups excluding carboxylic acids is 5. The molecule has 0 saturated heterocycles. The Balaban J connectivity index is 1.74. The molecule has 0 N–H and O–H groups in total. The Bertz CT molecular complexity index is 2320. The predicted octanol–water partition coefficient (Wildman–Crippen LogP) is 11.7. The van der Waals surface area contributed by atoms with Gasteiger partial charge in [-0.25, -0.2) is 9.59 Å². The average molecular weight is 1010 g/mol. The summed E-state index contributed by atoms with van der Waals surface area (Å²) in [6.45, 7) is 16.3. The van der Waals surface area contributed by atoms with Crippen LogP contribution in [0.3, 0.4) is 0 Å². The summed E-state index contributed by atoms with van der Waals surface area (Å²) in [6, 6.07) is 12.7. The number of ether oxygens (including phenoxy) is 6. The third-order valence-electron chi connectivity index (χ3n) is 14.6. The number of ketones is 1. The molecule has 2 aliphatic rings. The normalized spacial score (nSPS) is 24.3. The van der Waals surface area contributed by atoms with Crippen LogP contribution in [-0.4, -0.2) is 80.1 Å². The fourth-order valence-electron chi connectivity index (χ4n) is 10.5. The van der Waals surface area contributed by atoms with Crippen molar-refractivity contribution in [3.05, 3.63) is 107 Å².